The minimum absolute atomic E-state index is 0.255. The van der Waals surface area contributed by atoms with Crippen LogP contribution in [0.25, 0.3) is 0 Å². The lowest BCUT2D eigenvalue weighted by Crippen LogP contribution is -2.54. The smallest absolute Gasteiger partial charge is 0.326 e. The molecular formula is C9H14N4O4. The first-order valence-corrected chi connectivity index (χ1v) is 5.30. The van der Waals surface area contributed by atoms with Gasteiger partial charge in [-0.15, -0.1) is 0 Å². The van der Waals surface area contributed by atoms with Crippen molar-refractivity contribution in [3.63, 3.8) is 0 Å². The number of amides is 4. The number of carbonyl (C=O) groups excluding carboxylic acids is 2. The highest BCUT2D eigenvalue weighted by Crippen LogP contribution is 2.21. The van der Waals surface area contributed by atoms with E-state index in [0.717, 1.165) is 4.90 Å². The van der Waals surface area contributed by atoms with Crippen LogP contribution in [-0.4, -0.2) is 46.4 Å². The highest BCUT2D eigenvalue weighted by Gasteiger charge is 2.50. The van der Waals surface area contributed by atoms with Gasteiger partial charge in [-0.3, -0.25) is 4.90 Å². The molecule has 0 aromatic rings. The van der Waals surface area contributed by atoms with Gasteiger partial charge in [-0.25, -0.2) is 14.4 Å². The summed E-state index contributed by atoms with van der Waals surface area (Å²) in [6, 6.07) is -1.88. The number of aliphatic carboxylic acids is 1. The van der Waals surface area contributed by atoms with Gasteiger partial charge in [0.15, 0.2) is 0 Å². The molecule has 8 nitrogen and oxygen atoms in total. The van der Waals surface area contributed by atoms with E-state index in [9.17, 15) is 14.4 Å². The quantitative estimate of drug-likeness (QED) is 0.513. The third-order valence-corrected chi connectivity index (χ3v) is 2.88. The Bertz CT molecular complexity index is 383. The van der Waals surface area contributed by atoms with Crippen LogP contribution in [0.5, 0.6) is 0 Å². The second-order valence-electron chi connectivity index (χ2n) is 4.42. The van der Waals surface area contributed by atoms with Crippen molar-refractivity contribution in [1.82, 2.24) is 20.9 Å². The van der Waals surface area contributed by atoms with Gasteiger partial charge in [0.1, 0.15) is 18.4 Å². The monoisotopic (exact) mass is 242 g/mol. The molecule has 0 bridgehead atoms. The van der Waals surface area contributed by atoms with Crippen molar-refractivity contribution in [2.75, 3.05) is 0 Å². The maximum atomic E-state index is 11.7. The van der Waals surface area contributed by atoms with E-state index >= 15 is 0 Å². The summed E-state index contributed by atoms with van der Waals surface area (Å²) in [5.74, 6) is -1.34. The van der Waals surface area contributed by atoms with Gasteiger partial charge in [-0.05, 0) is 5.92 Å². The van der Waals surface area contributed by atoms with Crippen LogP contribution in [0.1, 0.15) is 13.8 Å². The van der Waals surface area contributed by atoms with Gasteiger partial charge in [-0.2, -0.15) is 0 Å². The topological polar surface area (TPSA) is 111 Å². The molecule has 4 N–H and O–H groups in total. The number of urea groups is 2. The summed E-state index contributed by atoms with van der Waals surface area (Å²) in [7, 11) is 0. The van der Waals surface area contributed by atoms with E-state index in [1.165, 1.54) is 0 Å². The van der Waals surface area contributed by atoms with Crippen LogP contribution in [0.15, 0.2) is 0 Å². The van der Waals surface area contributed by atoms with E-state index in [1.807, 2.05) is 0 Å². The Labute approximate surface area is 97.3 Å². The van der Waals surface area contributed by atoms with Gasteiger partial charge >= 0.3 is 18.0 Å². The first kappa shape index (κ1) is 11.5. The Kier molecular flexibility index (Phi) is 2.56. The Morgan fingerprint density at radius 2 is 1.94 bits per heavy atom. The predicted molar refractivity (Wildman–Crippen MR) is 55.9 cm³/mol. The third-order valence-electron chi connectivity index (χ3n) is 2.88. The van der Waals surface area contributed by atoms with Crippen LogP contribution >= 0.6 is 0 Å². The SMILES string of the molecule is CC(C)[C@H](C(=O)O)N1C(=O)N[C@H]2NC(=O)N[C@H]21. The molecule has 0 saturated carbocycles. The van der Waals surface area contributed by atoms with Crippen molar-refractivity contribution in [2.24, 2.45) is 5.92 Å². The van der Waals surface area contributed by atoms with Gasteiger partial charge in [-0.1, -0.05) is 13.8 Å². The molecule has 2 rings (SSSR count). The molecule has 2 aliphatic heterocycles. The van der Waals surface area contributed by atoms with Crippen LogP contribution < -0.4 is 16.0 Å². The van der Waals surface area contributed by atoms with E-state index < -0.39 is 36.4 Å². The molecular weight excluding hydrogens is 228 g/mol. The number of hydrogen-bond donors (Lipinski definition) is 4. The van der Waals surface area contributed by atoms with Crippen LogP contribution in [0.2, 0.25) is 0 Å². The fourth-order valence-corrected chi connectivity index (χ4v) is 2.18. The Hall–Kier alpha value is -1.99. The number of nitrogens with zero attached hydrogens (tertiary/aromatic N) is 1. The number of nitrogens with one attached hydrogen (secondary N) is 3. The van der Waals surface area contributed by atoms with E-state index in [0.29, 0.717) is 0 Å². The molecule has 0 radical (unpaired) electrons. The van der Waals surface area contributed by atoms with Crippen molar-refractivity contribution in [1.29, 1.82) is 0 Å². The molecule has 8 heteroatoms. The van der Waals surface area contributed by atoms with Gasteiger partial charge in [0.05, 0.1) is 0 Å². The van der Waals surface area contributed by atoms with Crippen LogP contribution in [-0.2, 0) is 4.79 Å². The predicted octanol–water partition coefficient (Wildman–Crippen LogP) is -0.914. The Morgan fingerprint density at radius 3 is 2.47 bits per heavy atom. The minimum atomic E-state index is -1.09. The molecule has 4 amide bonds. The van der Waals surface area contributed by atoms with Gasteiger partial charge in [0.2, 0.25) is 0 Å². The summed E-state index contributed by atoms with van der Waals surface area (Å²) >= 11 is 0. The second kappa shape index (κ2) is 3.79. The molecule has 94 valence electrons. The Balaban J connectivity index is 2.26. The summed E-state index contributed by atoms with van der Waals surface area (Å²) in [6.45, 7) is 3.42. The molecule has 0 aliphatic carbocycles. The largest absolute Gasteiger partial charge is 0.480 e. The highest BCUT2D eigenvalue weighted by atomic mass is 16.4. The van der Waals surface area contributed by atoms with Crippen LogP contribution in [0, 0.1) is 5.92 Å². The number of carboxylic acid groups (broad SMARTS) is 1. The van der Waals surface area contributed by atoms with E-state index in [4.69, 9.17) is 5.11 Å². The lowest BCUT2D eigenvalue weighted by Gasteiger charge is -2.30. The average Bonchev–Trinajstić information content (AvgIpc) is 2.64. The zero-order valence-electron chi connectivity index (χ0n) is 9.43. The van der Waals surface area contributed by atoms with Crippen molar-refractivity contribution in [2.45, 2.75) is 32.2 Å². The molecule has 2 fully saturated rings. The van der Waals surface area contributed by atoms with E-state index in [1.54, 1.807) is 13.8 Å². The molecule has 17 heavy (non-hydrogen) atoms. The standard InChI is InChI=1S/C9H14N4O4/c1-3(2)4(7(14)15)13-6-5(11-9(13)17)10-8(16)12-6/h3-6H,1-2H3,(H,11,17)(H,14,15)(H2,10,12,16)/t4-,5-,6+/m1/s1. The summed E-state index contributed by atoms with van der Waals surface area (Å²) in [5.41, 5.74) is 0. The van der Waals surface area contributed by atoms with Crippen molar-refractivity contribution in [3.05, 3.63) is 0 Å². The number of hydrogen-bond acceptors (Lipinski definition) is 3. The maximum Gasteiger partial charge on any atom is 0.326 e. The molecule has 2 saturated heterocycles. The molecule has 2 aliphatic rings. The summed E-state index contributed by atoms with van der Waals surface area (Å²) < 4.78 is 0. The van der Waals surface area contributed by atoms with Crippen LogP contribution in [0.4, 0.5) is 9.59 Å². The zero-order chi connectivity index (χ0) is 12.7. The maximum absolute atomic E-state index is 11.7. The minimum Gasteiger partial charge on any atom is -0.480 e. The van der Waals surface area contributed by atoms with Crippen LogP contribution in [0.3, 0.4) is 0 Å². The average molecular weight is 242 g/mol. The van der Waals surface area contributed by atoms with Gasteiger partial charge < -0.3 is 21.1 Å². The normalized spacial score (nSPS) is 28.5. The van der Waals surface area contributed by atoms with E-state index in [2.05, 4.69) is 16.0 Å². The van der Waals surface area contributed by atoms with Gasteiger partial charge in [0, 0.05) is 0 Å². The third kappa shape index (κ3) is 1.75. The summed E-state index contributed by atoms with van der Waals surface area (Å²) in [5, 5.41) is 16.7. The first-order valence-electron chi connectivity index (χ1n) is 5.30. The van der Waals surface area contributed by atoms with E-state index in [-0.39, 0.29) is 5.92 Å². The lowest BCUT2D eigenvalue weighted by molar-refractivity contribution is -0.144. The molecule has 0 unspecified atom stereocenters. The number of rotatable bonds is 3. The fraction of sp³-hybridized carbons (Fsp3) is 0.667. The lowest BCUT2D eigenvalue weighted by atomic mass is 10.0. The number of carboxylic acids is 1. The molecule has 0 aromatic carbocycles. The number of carbonyl (C=O) groups is 3. The van der Waals surface area contributed by atoms with Crippen molar-refractivity contribution in [3.8, 4) is 0 Å². The highest BCUT2D eigenvalue weighted by molar-refractivity contribution is 5.88. The molecule has 0 spiro atoms. The zero-order valence-corrected chi connectivity index (χ0v) is 9.43. The van der Waals surface area contributed by atoms with Crippen molar-refractivity contribution < 1.29 is 19.5 Å². The number of fused-ring (bicyclic) bond motifs is 1. The first-order chi connectivity index (χ1) is 7.91. The molecule has 0 aromatic heterocycles. The fourth-order valence-electron chi connectivity index (χ4n) is 2.18. The van der Waals surface area contributed by atoms with Crippen molar-refractivity contribution >= 4 is 18.0 Å². The Morgan fingerprint density at radius 1 is 1.29 bits per heavy atom. The summed E-state index contributed by atoms with van der Waals surface area (Å²) in [4.78, 5) is 35.2. The molecule has 3 atom stereocenters. The second-order valence-corrected chi connectivity index (χ2v) is 4.42. The molecule has 2 heterocycles. The van der Waals surface area contributed by atoms with Gasteiger partial charge in [0.25, 0.3) is 0 Å². The summed E-state index contributed by atoms with van der Waals surface area (Å²) in [6.07, 6.45) is -1.23.